The number of allylic oxidation sites excluding steroid dienone is 1. The van der Waals surface area contributed by atoms with Crippen LogP contribution < -0.4 is 5.32 Å². The van der Waals surface area contributed by atoms with Crippen molar-refractivity contribution in [3.63, 3.8) is 0 Å². The van der Waals surface area contributed by atoms with Crippen LogP contribution in [0.1, 0.15) is 45.8 Å². The minimum atomic E-state index is -3.11. The third-order valence-electron chi connectivity index (χ3n) is 6.17. The van der Waals surface area contributed by atoms with Crippen LogP contribution in [-0.2, 0) is 25.8 Å². The Balaban J connectivity index is 1.42. The van der Waals surface area contributed by atoms with Crippen molar-refractivity contribution in [2.75, 3.05) is 18.1 Å². The van der Waals surface area contributed by atoms with Gasteiger partial charge in [-0.05, 0) is 60.4 Å². The van der Waals surface area contributed by atoms with E-state index in [1.165, 1.54) is 0 Å². The Kier molecular flexibility index (Phi) is 6.22. The molecule has 1 aliphatic heterocycles. The fourth-order valence-corrected chi connectivity index (χ4v) is 6.99. The van der Waals surface area contributed by atoms with Crippen molar-refractivity contribution in [2.24, 2.45) is 0 Å². The van der Waals surface area contributed by atoms with Crippen LogP contribution >= 0.6 is 11.3 Å². The van der Waals surface area contributed by atoms with Crippen LogP contribution in [0.3, 0.4) is 0 Å². The number of amides is 1. The van der Waals surface area contributed by atoms with Crippen LogP contribution in [0.2, 0.25) is 0 Å². The molecule has 0 radical (unpaired) electrons. The molecule has 2 aromatic heterocycles. The second kappa shape index (κ2) is 9.31. The number of ether oxygens (including phenoxy) is 1. The van der Waals surface area contributed by atoms with Gasteiger partial charge in [0.05, 0.1) is 28.3 Å². The number of rotatable bonds is 5. The van der Waals surface area contributed by atoms with E-state index in [2.05, 4.69) is 17.5 Å². The predicted octanol–water partition coefficient (Wildman–Crippen LogP) is 3.63. The standard InChI is InChI=1S/C25H24N2O5S2/c28-22(26-17-10-12-34(30,31)15-17)14-32-25(29)23-19-7-1-2-9-21(19)27-24-16(5-3-8-20(23)24)13-18-6-4-11-33-18/h1-2,4,6-7,9,11,13,17H,3,5,8,10,12,14-15H2,(H,26,28). The number of pyridine rings is 1. The summed E-state index contributed by atoms with van der Waals surface area (Å²) in [5, 5.41) is 5.38. The molecule has 2 aliphatic rings. The van der Waals surface area contributed by atoms with Crippen molar-refractivity contribution in [1.29, 1.82) is 0 Å². The Morgan fingerprint density at radius 2 is 2.03 bits per heavy atom. The smallest absolute Gasteiger partial charge is 0.339 e. The first-order valence-electron chi connectivity index (χ1n) is 11.2. The highest BCUT2D eigenvalue weighted by molar-refractivity contribution is 7.91. The maximum absolute atomic E-state index is 13.3. The topological polar surface area (TPSA) is 102 Å². The highest BCUT2D eigenvalue weighted by atomic mass is 32.2. The molecule has 0 saturated carbocycles. The average Bonchev–Trinajstić information content (AvgIpc) is 3.45. The van der Waals surface area contributed by atoms with E-state index in [4.69, 9.17) is 9.72 Å². The molecule has 3 aromatic rings. The normalized spacial score (nSPS) is 20.2. The molecule has 1 saturated heterocycles. The summed E-state index contributed by atoms with van der Waals surface area (Å²) in [6.07, 6.45) is 4.97. The van der Waals surface area contributed by atoms with Crippen molar-refractivity contribution in [1.82, 2.24) is 10.3 Å². The minimum absolute atomic E-state index is 0.0637. The Morgan fingerprint density at radius 1 is 1.18 bits per heavy atom. The molecule has 176 valence electrons. The lowest BCUT2D eigenvalue weighted by molar-refractivity contribution is -0.124. The van der Waals surface area contributed by atoms with Gasteiger partial charge in [0.2, 0.25) is 0 Å². The van der Waals surface area contributed by atoms with Crippen molar-refractivity contribution in [3.8, 4) is 0 Å². The molecule has 1 atom stereocenters. The summed E-state index contributed by atoms with van der Waals surface area (Å²) in [5.74, 6) is -1.08. The van der Waals surface area contributed by atoms with Crippen LogP contribution in [0, 0.1) is 0 Å². The maximum Gasteiger partial charge on any atom is 0.339 e. The fraction of sp³-hybridized carbons (Fsp3) is 0.320. The van der Waals surface area contributed by atoms with E-state index >= 15 is 0 Å². The van der Waals surface area contributed by atoms with Crippen molar-refractivity contribution >= 4 is 55.6 Å². The number of carbonyl (C=O) groups excluding carboxylic acids is 2. The number of hydrogen-bond donors (Lipinski definition) is 1. The number of para-hydroxylation sites is 1. The third-order valence-corrected chi connectivity index (χ3v) is 8.75. The number of esters is 1. The summed E-state index contributed by atoms with van der Waals surface area (Å²) in [4.78, 5) is 31.6. The van der Waals surface area contributed by atoms with Gasteiger partial charge in [0.1, 0.15) is 0 Å². The number of sulfone groups is 1. The molecular weight excluding hydrogens is 472 g/mol. The minimum Gasteiger partial charge on any atom is -0.452 e. The quantitative estimate of drug-likeness (QED) is 0.541. The number of aromatic nitrogens is 1. The molecule has 5 rings (SSSR count). The van der Waals surface area contributed by atoms with Crippen LogP contribution in [0.5, 0.6) is 0 Å². The van der Waals surface area contributed by atoms with Gasteiger partial charge in [0.15, 0.2) is 16.4 Å². The molecule has 1 fully saturated rings. The highest BCUT2D eigenvalue weighted by Crippen LogP contribution is 2.36. The van der Waals surface area contributed by atoms with E-state index in [9.17, 15) is 18.0 Å². The van der Waals surface area contributed by atoms with E-state index < -0.39 is 34.4 Å². The zero-order valence-corrected chi connectivity index (χ0v) is 20.1. The summed E-state index contributed by atoms with van der Waals surface area (Å²) in [5.41, 5.74) is 3.90. The lowest BCUT2D eigenvalue weighted by Gasteiger charge is -2.22. The van der Waals surface area contributed by atoms with E-state index in [-0.39, 0.29) is 11.5 Å². The molecule has 1 unspecified atom stereocenters. The van der Waals surface area contributed by atoms with Crippen LogP contribution in [0.15, 0.2) is 41.8 Å². The predicted molar refractivity (Wildman–Crippen MR) is 132 cm³/mol. The van der Waals surface area contributed by atoms with Gasteiger partial charge in [-0.25, -0.2) is 18.2 Å². The largest absolute Gasteiger partial charge is 0.452 e. The second-order valence-corrected chi connectivity index (χ2v) is 11.8. The summed E-state index contributed by atoms with van der Waals surface area (Å²) in [7, 11) is -3.11. The molecule has 0 bridgehead atoms. The van der Waals surface area contributed by atoms with E-state index in [0.29, 0.717) is 29.3 Å². The highest BCUT2D eigenvalue weighted by Gasteiger charge is 2.30. The van der Waals surface area contributed by atoms with Crippen LogP contribution in [-0.4, -0.2) is 49.4 Å². The van der Waals surface area contributed by atoms with Gasteiger partial charge < -0.3 is 10.1 Å². The summed E-state index contributed by atoms with van der Waals surface area (Å²) < 4.78 is 28.7. The number of benzene rings is 1. The molecule has 1 amide bonds. The summed E-state index contributed by atoms with van der Waals surface area (Å²) in [6, 6.07) is 11.1. The molecule has 34 heavy (non-hydrogen) atoms. The Hall–Kier alpha value is -3.04. The summed E-state index contributed by atoms with van der Waals surface area (Å²) in [6.45, 7) is -0.460. The van der Waals surface area contributed by atoms with Crippen molar-refractivity contribution in [3.05, 3.63) is 63.5 Å². The van der Waals surface area contributed by atoms with Gasteiger partial charge in [0.25, 0.3) is 5.91 Å². The summed E-state index contributed by atoms with van der Waals surface area (Å²) >= 11 is 1.65. The number of fused-ring (bicyclic) bond motifs is 2. The Morgan fingerprint density at radius 3 is 2.79 bits per heavy atom. The van der Waals surface area contributed by atoms with Gasteiger partial charge in [-0.15, -0.1) is 11.3 Å². The van der Waals surface area contributed by atoms with E-state index in [1.807, 2.05) is 35.7 Å². The number of nitrogens with one attached hydrogen (secondary N) is 1. The number of hydrogen-bond acceptors (Lipinski definition) is 7. The monoisotopic (exact) mass is 496 g/mol. The number of thiophene rings is 1. The van der Waals surface area contributed by atoms with Crippen LogP contribution in [0.25, 0.3) is 22.6 Å². The lowest BCUT2D eigenvalue weighted by atomic mass is 9.86. The molecular formula is C25H24N2O5S2. The first kappa shape index (κ1) is 22.7. The molecule has 0 spiro atoms. The molecule has 7 nitrogen and oxygen atoms in total. The Bertz CT molecular complexity index is 1390. The molecule has 1 aliphatic carbocycles. The zero-order chi connectivity index (χ0) is 23.7. The zero-order valence-electron chi connectivity index (χ0n) is 18.5. The number of carbonyl (C=O) groups is 2. The second-order valence-electron chi connectivity index (χ2n) is 8.61. The maximum atomic E-state index is 13.3. The first-order valence-corrected chi connectivity index (χ1v) is 13.9. The third kappa shape index (κ3) is 4.76. The number of nitrogens with zero attached hydrogens (tertiary/aromatic N) is 1. The van der Waals surface area contributed by atoms with Gasteiger partial charge in [0, 0.05) is 16.3 Å². The van der Waals surface area contributed by atoms with Gasteiger partial charge in [-0.3, -0.25) is 4.79 Å². The van der Waals surface area contributed by atoms with E-state index in [1.54, 1.807) is 11.3 Å². The Labute approximate surface area is 201 Å². The molecule has 1 aromatic carbocycles. The lowest BCUT2D eigenvalue weighted by Crippen LogP contribution is -2.38. The van der Waals surface area contributed by atoms with Gasteiger partial charge >= 0.3 is 5.97 Å². The average molecular weight is 497 g/mol. The van der Waals surface area contributed by atoms with E-state index in [0.717, 1.165) is 34.5 Å². The van der Waals surface area contributed by atoms with Crippen LogP contribution in [0.4, 0.5) is 0 Å². The van der Waals surface area contributed by atoms with Gasteiger partial charge in [-0.1, -0.05) is 24.3 Å². The van der Waals surface area contributed by atoms with Gasteiger partial charge in [-0.2, -0.15) is 0 Å². The molecule has 1 N–H and O–H groups in total. The molecule has 3 heterocycles. The van der Waals surface area contributed by atoms with Crippen molar-refractivity contribution in [2.45, 2.75) is 31.7 Å². The first-order chi connectivity index (χ1) is 16.4. The fourth-order valence-electron chi connectivity index (χ4n) is 4.63. The van der Waals surface area contributed by atoms with Crippen molar-refractivity contribution < 1.29 is 22.7 Å². The molecule has 9 heteroatoms. The SMILES string of the molecule is O=C(COC(=O)c1c2c(nc3ccccc13)C(=Cc1cccs1)CCC2)NC1CCS(=O)(=O)C1.